The maximum absolute atomic E-state index is 10.6. The second-order valence-electron chi connectivity index (χ2n) is 4.13. The molecule has 0 aliphatic carbocycles. The van der Waals surface area contributed by atoms with Crippen molar-refractivity contribution >= 4 is 5.97 Å². The fraction of sp³-hybridized carbons (Fsp3) is 0.286. The Kier molecular flexibility index (Phi) is 4.18. The van der Waals surface area contributed by atoms with Gasteiger partial charge in [-0.3, -0.25) is 4.79 Å². The van der Waals surface area contributed by atoms with Gasteiger partial charge in [0.2, 0.25) is 0 Å². The van der Waals surface area contributed by atoms with Gasteiger partial charge in [-0.25, -0.2) is 0 Å². The molecule has 0 amide bonds. The zero-order valence-corrected chi connectivity index (χ0v) is 10.6. The number of aliphatic carboxylic acids is 1. The van der Waals surface area contributed by atoms with Gasteiger partial charge in [0.25, 0.3) is 0 Å². The summed E-state index contributed by atoms with van der Waals surface area (Å²) in [4.78, 5) is 10.6. The monoisotopic (exact) mass is 261 g/mol. The number of aromatic nitrogens is 1. The highest BCUT2D eigenvalue weighted by Crippen LogP contribution is 2.23. The average molecular weight is 261 g/mol. The number of ether oxygens (including phenoxy) is 1. The Hall–Kier alpha value is -2.30. The van der Waals surface area contributed by atoms with E-state index >= 15 is 0 Å². The second kappa shape index (κ2) is 6.04. The first-order valence-electron chi connectivity index (χ1n) is 6.09. The van der Waals surface area contributed by atoms with Crippen LogP contribution in [-0.2, 0) is 11.2 Å². The van der Waals surface area contributed by atoms with Crippen LogP contribution in [0.4, 0.5) is 0 Å². The summed E-state index contributed by atoms with van der Waals surface area (Å²) in [6.45, 7) is 2.73. The maximum Gasteiger partial charge on any atom is 0.309 e. The molecule has 0 saturated carbocycles. The normalized spacial score (nSPS) is 10.4. The van der Waals surface area contributed by atoms with Crippen LogP contribution < -0.4 is 4.74 Å². The van der Waals surface area contributed by atoms with Crippen LogP contribution in [0.25, 0.3) is 11.3 Å². The van der Waals surface area contributed by atoms with Crippen LogP contribution in [0.2, 0.25) is 0 Å². The largest absolute Gasteiger partial charge is 0.494 e. The Bertz CT molecular complexity index is 545. The first kappa shape index (κ1) is 13.1. The molecule has 0 bridgehead atoms. The van der Waals surface area contributed by atoms with E-state index in [0.29, 0.717) is 18.1 Å². The van der Waals surface area contributed by atoms with Gasteiger partial charge in [0.05, 0.1) is 18.7 Å². The highest BCUT2D eigenvalue weighted by Gasteiger charge is 2.09. The number of hydrogen-bond acceptors (Lipinski definition) is 4. The molecule has 1 aromatic heterocycles. The van der Waals surface area contributed by atoms with Gasteiger partial charge in [0, 0.05) is 11.6 Å². The minimum atomic E-state index is -0.928. The Morgan fingerprint density at radius 1 is 1.37 bits per heavy atom. The zero-order chi connectivity index (χ0) is 13.7. The van der Waals surface area contributed by atoms with Gasteiger partial charge < -0.3 is 14.4 Å². The van der Waals surface area contributed by atoms with Gasteiger partial charge in [-0.2, -0.15) is 0 Å². The van der Waals surface area contributed by atoms with Gasteiger partial charge >= 0.3 is 5.97 Å². The van der Waals surface area contributed by atoms with Crippen molar-refractivity contribution < 1.29 is 19.2 Å². The Balaban J connectivity index is 2.09. The standard InChI is InChI=1S/C14H15NO4/c1-2-7-18-12-5-3-10(4-6-12)13-8-11(15-19-13)9-14(16)17/h3-6,8H,2,7,9H2,1H3,(H,16,17). The van der Waals surface area contributed by atoms with Crippen molar-refractivity contribution in [3.8, 4) is 17.1 Å². The van der Waals surface area contributed by atoms with E-state index in [1.165, 1.54) is 0 Å². The SMILES string of the molecule is CCCOc1ccc(-c2cc(CC(=O)O)no2)cc1. The minimum Gasteiger partial charge on any atom is -0.494 e. The van der Waals surface area contributed by atoms with Gasteiger partial charge in [-0.1, -0.05) is 12.1 Å². The predicted octanol–water partition coefficient (Wildman–Crippen LogP) is 2.76. The highest BCUT2D eigenvalue weighted by atomic mass is 16.5. The maximum atomic E-state index is 10.6. The summed E-state index contributed by atoms with van der Waals surface area (Å²) in [5.74, 6) is 0.428. The lowest BCUT2D eigenvalue weighted by atomic mass is 10.1. The molecule has 0 radical (unpaired) electrons. The number of carboxylic acid groups (broad SMARTS) is 1. The predicted molar refractivity (Wildman–Crippen MR) is 69.1 cm³/mol. The Morgan fingerprint density at radius 3 is 2.74 bits per heavy atom. The number of benzene rings is 1. The lowest BCUT2D eigenvalue weighted by Gasteiger charge is -2.04. The lowest BCUT2D eigenvalue weighted by molar-refractivity contribution is -0.136. The summed E-state index contributed by atoms with van der Waals surface area (Å²) in [5, 5.41) is 12.4. The molecule has 0 atom stereocenters. The highest BCUT2D eigenvalue weighted by molar-refractivity contribution is 5.70. The van der Waals surface area contributed by atoms with Gasteiger partial charge in [-0.15, -0.1) is 0 Å². The molecule has 0 aliphatic heterocycles. The summed E-state index contributed by atoms with van der Waals surface area (Å²) in [6, 6.07) is 9.05. The van der Waals surface area contributed by atoms with Crippen LogP contribution in [0.5, 0.6) is 5.75 Å². The van der Waals surface area contributed by atoms with Gasteiger partial charge in [0.1, 0.15) is 5.75 Å². The first-order chi connectivity index (χ1) is 9.19. The molecule has 2 rings (SSSR count). The van der Waals surface area contributed by atoms with Gasteiger partial charge in [-0.05, 0) is 30.7 Å². The molecular weight excluding hydrogens is 246 g/mol. The van der Waals surface area contributed by atoms with Crippen LogP contribution in [0.1, 0.15) is 19.0 Å². The quantitative estimate of drug-likeness (QED) is 0.865. The zero-order valence-electron chi connectivity index (χ0n) is 10.6. The van der Waals surface area contributed by atoms with Crippen LogP contribution in [0, 0.1) is 0 Å². The summed E-state index contributed by atoms with van der Waals surface area (Å²) in [6.07, 6.45) is 0.823. The molecule has 0 saturated heterocycles. The number of hydrogen-bond donors (Lipinski definition) is 1. The van der Waals surface area contributed by atoms with Crippen LogP contribution in [0.3, 0.4) is 0 Å². The van der Waals surface area contributed by atoms with E-state index in [0.717, 1.165) is 17.7 Å². The average Bonchev–Trinajstić information content (AvgIpc) is 2.84. The van der Waals surface area contributed by atoms with Gasteiger partial charge in [0.15, 0.2) is 5.76 Å². The third-order valence-electron chi connectivity index (χ3n) is 2.50. The molecule has 1 heterocycles. The van der Waals surface area contributed by atoms with E-state index in [9.17, 15) is 4.79 Å². The molecule has 2 aromatic rings. The van der Waals surface area contributed by atoms with Crippen molar-refractivity contribution in [1.29, 1.82) is 0 Å². The van der Waals surface area contributed by atoms with Crippen molar-refractivity contribution in [2.24, 2.45) is 0 Å². The Morgan fingerprint density at radius 2 is 2.11 bits per heavy atom. The number of carboxylic acids is 1. The van der Waals surface area contributed by atoms with E-state index < -0.39 is 5.97 Å². The van der Waals surface area contributed by atoms with Crippen molar-refractivity contribution in [3.63, 3.8) is 0 Å². The second-order valence-corrected chi connectivity index (χ2v) is 4.13. The van der Waals surface area contributed by atoms with Crippen LogP contribution in [-0.4, -0.2) is 22.8 Å². The van der Waals surface area contributed by atoms with Crippen molar-refractivity contribution in [3.05, 3.63) is 36.0 Å². The molecule has 100 valence electrons. The number of carbonyl (C=O) groups is 1. The third kappa shape index (κ3) is 3.58. The van der Waals surface area contributed by atoms with Crippen molar-refractivity contribution in [2.45, 2.75) is 19.8 Å². The van der Waals surface area contributed by atoms with E-state index in [1.807, 2.05) is 31.2 Å². The number of rotatable bonds is 6. The topological polar surface area (TPSA) is 72.6 Å². The van der Waals surface area contributed by atoms with E-state index in [2.05, 4.69) is 5.16 Å². The molecule has 19 heavy (non-hydrogen) atoms. The first-order valence-corrected chi connectivity index (χ1v) is 6.09. The van der Waals surface area contributed by atoms with Crippen molar-refractivity contribution in [1.82, 2.24) is 5.16 Å². The van der Waals surface area contributed by atoms with E-state index in [1.54, 1.807) is 6.07 Å². The smallest absolute Gasteiger partial charge is 0.309 e. The number of nitrogens with zero attached hydrogens (tertiary/aromatic N) is 1. The fourth-order valence-corrected chi connectivity index (χ4v) is 1.62. The molecule has 0 spiro atoms. The molecule has 0 unspecified atom stereocenters. The summed E-state index contributed by atoms with van der Waals surface area (Å²) in [7, 11) is 0. The van der Waals surface area contributed by atoms with Crippen molar-refractivity contribution in [2.75, 3.05) is 6.61 Å². The molecule has 5 nitrogen and oxygen atoms in total. The summed E-state index contributed by atoms with van der Waals surface area (Å²) in [5.41, 5.74) is 1.25. The summed E-state index contributed by atoms with van der Waals surface area (Å²) < 4.78 is 10.6. The lowest BCUT2D eigenvalue weighted by Crippen LogP contribution is -1.99. The third-order valence-corrected chi connectivity index (χ3v) is 2.50. The molecule has 5 heteroatoms. The molecule has 0 aliphatic rings. The fourth-order valence-electron chi connectivity index (χ4n) is 1.62. The molecular formula is C14H15NO4. The molecule has 0 fully saturated rings. The molecule has 1 N–H and O–H groups in total. The van der Waals surface area contributed by atoms with E-state index in [4.69, 9.17) is 14.4 Å². The summed E-state index contributed by atoms with van der Waals surface area (Å²) >= 11 is 0. The van der Waals surface area contributed by atoms with Crippen LogP contribution >= 0.6 is 0 Å². The molecule has 1 aromatic carbocycles. The van der Waals surface area contributed by atoms with Crippen LogP contribution in [0.15, 0.2) is 34.9 Å². The Labute approximate surface area is 110 Å². The minimum absolute atomic E-state index is 0.138. The van der Waals surface area contributed by atoms with E-state index in [-0.39, 0.29) is 6.42 Å².